The molecule has 2 aromatic rings. The van der Waals surface area contributed by atoms with Crippen molar-refractivity contribution >= 4 is 39.2 Å². The Bertz CT molecular complexity index is 634. The van der Waals surface area contributed by atoms with Crippen molar-refractivity contribution in [3.8, 4) is 0 Å². The molecule has 1 fully saturated rings. The van der Waals surface area contributed by atoms with Crippen molar-refractivity contribution in [3.05, 3.63) is 40.5 Å². The molecule has 1 aromatic carbocycles. The van der Waals surface area contributed by atoms with Gasteiger partial charge in [-0.3, -0.25) is 9.88 Å². The summed E-state index contributed by atoms with van der Waals surface area (Å²) in [5.74, 6) is 0.679. The Morgan fingerprint density at radius 3 is 2.95 bits per heavy atom. The first-order valence-electron chi connectivity index (χ1n) is 7.67. The first-order valence-corrected chi connectivity index (χ1v) is 8.46. The van der Waals surface area contributed by atoms with Gasteiger partial charge in [-0.05, 0) is 43.0 Å². The average Bonchev–Trinajstić information content (AvgIpc) is 2.51. The molecule has 0 amide bonds. The smallest absolute Gasteiger partial charge is 0.0758 e. The van der Waals surface area contributed by atoms with E-state index in [4.69, 9.17) is 5.73 Å². The minimum atomic E-state index is 0. The molecule has 0 aliphatic carbocycles. The molecule has 0 radical (unpaired) electrons. The summed E-state index contributed by atoms with van der Waals surface area (Å²) < 4.78 is 1.11. The van der Waals surface area contributed by atoms with Crippen LogP contribution in [-0.4, -0.2) is 29.0 Å². The van der Waals surface area contributed by atoms with Gasteiger partial charge in [-0.25, -0.2) is 0 Å². The Hall–Kier alpha value is -0.680. The molecule has 0 bridgehead atoms. The minimum absolute atomic E-state index is 0. The number of hydrogen-bond acceptors (Lipinski definition) is 3. The summed E-state index contributed by atoms with van der Waals surface area (Å²) in [6.45, 7) is 5.13. The van der Waals surface area contributed by atoms with Gasteiger partial charge in [0.2, 0.25) is 0 Å². The third-order valence-electron chi connectivity index (χ3n) is 4.65. The second-order valence-corrected chi connectivity index (χ2v) is 6.85. The molecule has 2 heterocycles. The molecule has 1 aliphatic rings. The third kappa shape index (κ3) is 3.46. The van der Waals surface area contributed by atoms with Gasteiger partial charge in [0, 0.05) is 35.2 Å². The van der Waals surface area contributed by atoms with Gasteiger partial charge in [-0.2, -0.15) is 0 Å². The zero-order chi connectivity index (χ0) is 14.8. The summed E-state index contributed by atoms with van der Waals surface area (Å²) in [6, 6.07) is 8.91. The predicted molar refractivity (Wildman–Crippen MR) is 98.3 cm³/mol. The lowest BCUT2D eigenvalue weighted by molar-refractivity contribution is 0.0994. The van der Waals surface area contributed by atoms with E-state index in [0.29, 0.717) is 12.0 Å². The van der Waals surface area contributed by atoms with Crippen molar-refractivity contribution in [1.29, 1.82) is 0 Å². The van der Waals surface area contributed by atoms with Gasteiger partial charge in [0.1, 0.15) is 0 Å². The van der Waals surface area contributed by atoms with E-state index in [1.165, 1.54) is 23.8 Å². The van der Waals surface area contributed by atoms with Crippen LogP contribution in [0.5, 0.6) is 0 Å². The van der Waals surface area contributed by atoms with Gasteiger partial charge in [0.25, 0.3) is 0 Å². The first-order chi connectivity index (χ1) is 10.2. The number of piperidine rings is 1. The maximum Gasteiger partial charge on any atom is 0.0758 e. The molecule has 1 saturated heterocycles. The van der Waals surface area contributed by atoms with Crippen LogP contribution in [0.15, 0.2) is 34.9 Å². The Morgan fingerprint density at radius 1 is 1.36 bits per heavy atom. The van der Waals surface area contributed by atoms with E-state index >= 15 is 0 Å². The summed E-state index contributed by atoms with van der Waals surface area (Å²) in [6.07, 6.45) is 4.43. The van der Waals surface area contributed by atoms with E-state index in [1.54, 1.807) is 0 Å². The highest BCUT2D eigenvalue weighted by atomic mass is 79.9. The number of hydrogen-bond donors (Lipinski definition) is 1. The van der Waals surface area contributed by atoms with Crippen LogP contribution >= 0.6 is 28.3 Å². The second kappa shape index (κ2) is 7.73. The summed E-state index contributed by atoms with van der Waals surface area (Å²) in [7, 11) is 0. The van der Waals surface area contributed by atoms with Crippen molar-refractivity contribution in [2.45, 2.75) is 32.4 Å². The molecule has 0 spiro atoms. The zero-order valence-electron chi connectivity index (χ0n) is 12.8. The van der Waals surface area contributed by atoms with Crippen LogP contribution in [0.25, 0.3) is 10.9 Å². The predicted octanol–water partition coefficient (Wildman–Crippen LogP) is 3.98. The molecular formula is C17H23BrClN3. The average molecular weight is 385 g/mol. The number of halogens is 2. The molecule has 1 aromatic heterocycles. The summed E-state index contributed by atoms with van der Waals surface area (Å²) in [5, 5.41) is 1.18. The largest absolute Gasteiger partial charge is 0.329 e. The fourth-order valence-corrected chi connectivity index (χ4v) is 3.91. The lowest BCUT2D eigenvalue weighted by Gasteiger charge is -2.39. The van der Waals surface area contributed by atoms with Crippen LogP contribution in [0, 0.1) is 5.92 Å². The number of rotatable bonds is 3. The molecule has 2 atom stereocenters. The molecule has 3 nitrogen and oxygen atoms in total. The summed E-state index contributed by atoms with van der Waals surface area (Å²) in [5.41, 5.74) is 8.40. The summed E-state index contributed by atoms with van der Waals surface area (Å²) >= 11 is 3.62. The topological polar surface area (TPSA) is 42.2 Å². The van der Waals surface area contributed by atoms with Crippen LogP contribution in [0.3, 0.4) is 0 Å². The van der Waals surface area contributed by atoms with Crippen LogP contribution < -0.4 is 5.73 Å². The fourth-order valence-electron chi connectivity index (χ4n) is 3.45. The van der Waals surface area contributed by atoms with E-state index in [2.05, 4.69) is 50.9 Å². The zero-order valence-corrected chi connectivity index (χ0v) is 15.2. The van der Waals surface area contributed by atoms with Crippen LogP contribution in [0.1, 0.15) is 25.3 Å². The van der Waals surface area contributed by atoms with Crippen molar-refractivity contribution < 1.29 is 0 Å². The number of benzene rings is 1. The van der Waals surface area contributed by atoms with E-state index in [9.17, 15) is 0 Å². The van der Waals surface area contributed by atoms with Gasteiger partial charge < -0.3 is 5.73 Å². The highest BCUT2D eigenvalue weighted by Gasteiger charge is 2.27. The quantitative estimate of drug-likeness (QED) is 0.870. The van der Waals surface area contributed by atoms with Gasteiger partial charge in [0.05, 0.1) is 5.52 Å². The van der Waals surface area contributed by atoms with Crippen molar-refractivity contribution in [3.63, 3.8) is 0 Å². The number of likely N-dealkylation sites (tertiary alicyclic amines) is 1. The normalized spacial score (nSPS) is 22.5. The van der Waals surface area contributed by atoms with Gasteiger partial charge in [-0.15, -0.1) is 12.4 Å². The second-order valence-electron chi connectivity index (χ2n) is 6.00. The number of aromatic nitrogens is 1. The first kappa shape index (κ1) is 17.7. The van der Waals surface area contributed by atoms with Crippen molar-refractivity contribution in [2.75, 3.05) is 13.1 Å². The standard InChI is InChI=1S/C17H22BrN3.ClH/c1-12-4-3-9-21(16(12)10-19)11-13-6-7-15(18)14-5-2-8-20-17(13)14;/h2,5-8,12,16H,3-4,9-11,19H2,1H3;1H. The lowest BCUT2D eigenvalue weighted by Crippen LogP contribution is -2.48. The van der Waals surface area contributed by atoms with Crippen molar-refractivity contribution in [1.82, 2.24) is 9.88 Å². The van der Waals surface area contributed by atoms with Gasteiger partial charge >= 0.3 is 0 Å². The monoisotopic (exact) mass is 383 g/mol. The molecule has 3 rings (SSSR count). The van der Waals surface area contributed by atoms with Crippen LogP contribution in [0.2, 0.25) is 0 Å². The SMILES string of the molecule is CC1CCCN(Cc2ccc(Br)c3cccnc23)C1CN.Cl. The molecule has 2 N–H and O–H groups in total. The Morgan fingerprint density at radius 2 is 2.18 bits per heavy atom. The Balaban J connectivity index is 0.00000176. The molecule has 120 valence electrons. The number of pyridine rings is 1. The number of nitrogens with two attached hydrogens (primary N) is 1. The molecule has 0 saturated carbocycles. The van der Waals surface area contributed by atoms with Crippen LogP contribution in [-0.2, 0) is 6.54 Å². The van der Waals surface area contributed by atoms with Crippen LogP contribution in [0.4, 0.5) is 0 Å². The molecular weight excluding hydrogens is 362 g/mol. The number of nitrogens with zero attached hydrogens (tertiary/aromatic N) is 2. The molecule has 22 heavy (non-hydrogen) atoms. The van der Waals surface area contributed by atoms with E-state index in [0.717, 1.165) is 29.6 Å². The highest BCUT2D eigenvalue weighted by molar-refractivity contribution is 9.10. The number of fused-ring (bicyclic) bond motifs is 1. The van der Waals surface area contributed by atoms with E-state index in [-0.39, 0.29) is 12.4 Å². The highest BCUT2D eigenvalue weighted by Crippen LogP contribution is 2.29. The van der Waals surface area contributed by atoms with E-state index in [1.807, 2.05) is 12.3 Å². The van der Waals surface area contributed by atoms with Gasteiger partial charge in [-0.1, -0.05) is 35.0 Å². The third-order valence-corrected chi connectivity index (χ3v) is 5.34. The maximum atomic E-state index is 6.01. The van der Waals surface area contributed by atoms with Crippen molar-refractivity contribution in [2.24, 2.45) is 11.7 Å². The fraction of sp³-hybridized carbons (Fsp3) is 0.471. The molecule has 5 heteroatoms. The van der Waals surface area contributed by atoms with Gasteiger partial charge in [0.15, 0.2) is 0 Å². The Labute approximate surface area is 146 Å². The summed E-state index contributed by atoms with van der Waals surface area (Å²) in [4.78, 5) is 7.12. The minimum Gasteiger partial charge on any atom is -0.329 e. The maximum absolute atomic E-state index is 6.01. The Kier molecular flexibility index (Phi) is 6.21. The van der Waals surface area contributed by atoms with E-state index < -0.39 is 0 Å². The molecule has 1 aliphatic heterocycles. The lowest BCUT2D eigenvalue weighted by atomic mass is 9.90. The molecule has 2 unspecified atom stereocenters.